The second-order valence-corrected chi connectivity index (χ2v) is 8.56. The van der Waals surface area contributed by atoms with Crippen LogP contribution >= 0.6 is 0 Å². The number of nitrogens with zero attached hydrogens (tertiary/aromatic N) is 1. The fourth-order valence-electron chi connectivity index (χ4n) is 3.13. The molecular weight excluding hydrogens is 396 g/mol. The van der Waals surface area contributed by atoms with Crippen molar-refractivity contribution in [3.05, 3.63) is 59.7 Å². The minimum absolute atomic E-state index is 0.0804. The first kappa shape index (κ1) is 22.5. The molecule has 1 fully saturated rings. The van der Waals surface area contributed by atoms with Gasteiger partial charge in [0.15, 0.2) is 11.5 Å². The van der Waals surface area contributed by atoms with E-state index in [1.807, 2.05) is 69.3 Å². The van der Waals surface area contributed by atoms with Crippen LogP contribution in [0, 0.1) is 5.92 Å². The normalized spacial score (nSPS) is 13.9. The van der Waals surface area contributed by atoms with Gasteiger partial charge >= 0.3 is 6.09 Å². The molecule has 0 aromatic heterocycles. The number of ether oxygens (including phenoxy) is 3. The topological polar surface area (TPSA) is 77.1 Å². The number of likely N-dealkylation sites (tertiary alicyclic amines) is 1. The molecule has 1 saturated heterocycles. The molecule has 0 atom stereocenters. The van der Waals surface area contributed by atoms with E-state index in [0.717, 1.165) is 11.1 Å². The lowest BCUT2D eigenvalue weighted by molar-refractivity contribution is -0.129. The summed E-state index contributed by atoms with van der Waals surface area (Å²) in [5, 5.41) is 2.92. The van der Waals surface area contributed by atoms with E-state index >= 15 is 0 Å². The second kappa shape index (κ2) is 9.73. The van der Waals surface area contributed by atoms with Crippen LogP contribution in [0.25, 0.3) is 0 Å². The van der Waals surface area contributed by atoms with Gasteiger partial charge in [0.1, 0.15) is 12.2 Å². The molecule has 2 aromatic carbocycles. The maximum atomic E-state index is 12.4. The molecular formula is C24H30N2O5. The Morgan fingerprint density at radius 3 is 2.39 bits per heavy atom. The summed E-state index contributed by atoms with van der Waals surface area (Å²) in [4.78, 5) is 25.9. The molecule has 0 spiro atoms. The zero-order valence-electron chi connectivity index (χ0n) is 18.5. The van der Waals surface area contributed by atoms with Gasteiger partial charge in [-0.2, -0.15) is 0 Å². The van der Waals surface area contributed by atoms with Gasteiger partial charge in [0.05, 0.1) is 13.0 Å². The van der Waals surface area contributed by atoms with Gasteiger partial charge in [-0.05, 0) is 44.0 Å². The Morgan fingerprint density at radius 1 is 1.03 bits per heavy atom. The molecule has 7 heteroatoms. The van der Waals surface area contributed by atoms with E-state index in [1.54, 1.807) is 7.11 Å². The van der Waals surface area contributed by atoms with E-state index < -0.39 is 5.60 Å². The van der Waals surface area contributed by atoms with Crippen LogP contribution < -0.4 is 14.8 Å². The van der Waals surface area contributed by atoms with Crippen LogP contribution in [0.5, 0.6) is 11.5 Å². The summed E-state index contributed by atoms with van der Waals surface area (Å²) in [6.45, 7) is 7.02. The predicted molar refractivity (Wildman–Crippen MR) is 117 cm³/mol. The fourth-order valence-corrected chi connectivity index (χ4v) is 3.13. The van der Waals surface area contributed by atoms with E-state index in [1.165, 1.54) is 4.90 Å². The van der Waals surface area contributed by atoms with Crippen molar-refractivity contribution in [2.45, 2.75) is 39.5 Å². The van der Waals surface area contributed by atoms with Gasteiger partial charge in [-0.1, -0.05) is 36.4 Å². The molecule has 2 amide bonds. The van der Waals surface area contributed by atoms with Crippen molar-refractivity contribution in [2.75, 3.05) is 20.2 Å². The Balaban J connectivity index is 1.47. The zero-order chi connectivity index (χ0) is 22.4. The van der Waals surface area contributed by atoms with E-state index in [4.69, 9.17) is 14.2 Å². The number of benzene rings is 2. The van der Waals surface area contributed by atoms with Crippen molar-refractivity contribution in [3.8, 4) is 11.5 Å². The lowest BCUT2D eigenvalue weighted by Gasteiger charge is -2.38. The van der Waals surface area contributed by atoms with Gasteiger partial charge in [0.2, 0.25) is 5.91 Å². The van der Waals surface area contributed by atoms with Gasteiger partial charge in [0.25, 0.3) is 0 Å². The van der Waals surface area contributed by atoms with Gasteiger partial charge in [0, 0.05) is 19.6 Å². The lowest BCUT2D eigenvalue weighted by atomic mass is 10.00. The third kappa shape index (κ3) is 6.38. The van der Waals surface area contributed by atoms with E-state index in [0.29, 0.717) is 37.7 Å². The number of nitrogens with one attached hydrogen (secondary N) is 1. The summed E-state index contributed by atoms with van der Waals surface area (Å²) in [5.41, 5.74) is 1.43. The molecule has 7 nitrogen and oxygen atoms in total. The minimum atomic E-state index is -0.541. The molecule has 0 saturated carbocycles. The first-order chi connectivity index (χ1) is 14.7. The minimum Gasteiger partial charge on any atom is -0.493 e. The summed E-state index contributed by atoms with van der Waals surface area (Å²) in [6.07, 6.45) is -0.382. The summed E-state index contributed by atoms with van der Waals surface area (Å²) in [5.74, 6) is 0.960. The average Bonchev–Trinajstić information content (AvgIpc) is 2.69. The number of amides is 2. The van der Waals surface area contributed by atoms with Crippen LogP contribution in [0.15, 0.2) is 48.5 Å². The number of hydrogen-bond donors (Lipinski definition) is 1. The van der Waals surface area contributed by atoms with Gasteiger partial charge in [-0.25, -0.2) is 4.79 Å². The molecule has 1 N–H and O–H groups in total. The standard InChI is InChI=1S/C24H30N2O5/c1-24(2,3)31-23(28)26-14-19(15-26)22(27)25-13-18-10-11-20(21(12-18)29-4)30-16-17-8-6-5-7-9-17/h5-12,19H,13-16H2,1-4H3,(H,25,27). The number of carbonyl (C=O) groups is 2. The number of methoxy groups -OCH3 is 1. The quantitative estimate of drug-likeness (QED) is 0.730. The Bertz CT molecular complexity index is 902. The van der Waals surface area contributed by atoms with E-state index in [2.05, 4.69) is 5.32 Å². The molecule has 1 heterocycles. The zero-order valence-corrected chi connectivity index (χ0v) is 18.5. The van der Waals surface area contributed by atoms with Crippen LogP contribution in [0.3, 0.4) is 0 Å². The van der Waals surface area contributed by atoms with Crippen molar-refractivity contribution in [1.29, 1.82) is 0 Å². The third-order valence-electron chi connectivity index (χ3n) is 4.84. The number of hydrogen-bond acceptors (Lipinski definition) is 5. The third-order valence-corrected chi connectivity index (χ3v) is 4.84. The van der Waals surface area contributed by atoms with E-state index in [-0.39, 0.29) is 17.9 Å². The smallest absolute Gasteiger partial charge is 0.410 e. The Kier molecular flexibility index (Phi) is 7.05. The van der Waals surface area contributed by atoms with Gasteiger partial charge in [-0.15, -0.1) is 0 Å². The van der Waals surface area contributed by atoms with Crippen molar-refractivity contribution >= 4 is 12.0 Å². The van der Waals surface area contributed by atoms with Crippen LogP contribution in [-0.2, 0) is 22.7 Å². The Hall–Kier alpha value is -3.22. The summed E-state index contributed by atoms with van der Waals surface area (Å²) in [7, 11) is 1.59. The molecule has 31 heavy (non-hydrogen) atoms. The predicted octanol–water partition coefficient (Wildman–Crippen LogP) is 3.76. The highest BCUT2D eigenvalue weighted by Crippen LogP contribution is 2.29. The Labute approximate surface area is 183 Å². The first-order valence-corrected chi connectivity index (χ1v) is 10.3. The molecule has 166 valence electrons. The largest absolute Gasteiger partial charge is 0.493 e. The number of carbonyl (C=O) groups excluding carboxylic acids is 2. The SMILES string of the molecule is COc1cc(CNC(=O)C2CN(C(=O)OC(C)(C)C)C2)ccc1OCc1ccccc1. The highest BCUT2D eigenvalue weighted by atomic mass is 16.6. The van der Waals surface area contributed by atoms with Gasteiger partial charge < -0.3 is 24.4 Å². The fraction of sp³-hybridized carbons (Fsp3) is 0.417. The summed E-state index contributed by atoms with van der Waals surface area (Å²) in [6, 6.07) is 15.5. The average molecular weight is 427 g/mol. The lowest BCUT2D eigenvalue weighted by Crippen LogP contribution is -2.56. The second-order valence-electron chi connectivity index (χ2n) is 8.56. The van der Waals surface area contributed by atoms with Gasteiger partial charge in [-0.3, -0.25) is 4.79 Å². The van der Waals surface area contributed by atoms with Crippen molar-refractivity contribution in [2.24, 2.45) is 5.92 Å². The maximum Gasteiger partial charge on any atom is 0.410 e. The molecule has 0 bridgehead atoms. The molecule has 0 radical (unpaired) electrons. The molecule has 3 rings (SSSR count). The summed E-state index contributed by atoms with van der Waals surface area (Å²) >= 11 is 0. The van der Waals surface area contributed by atoms with E-state index in [9.17, 15) is 9.59 Å². The van der Waals surface area contributed by atoms with Crippen molar-refractivity contribution in [1.82, 2.24) is 10.2 Å². The van der Waals surface area contributed by atoms with Crippen LogP contribution in [0.2, 0.25) is 0 Å². The maximum absolute atomic E-state index is 12.4. The molecule has 1 aliphatic rings. The first-order valence-electron chi connectivity index (χ1n) is 10.3. The van der Waals surface area contributed by atoms with Crippen molar-refractivity contribution in [3.63, 3.8) is 0 Å². The molecule has 2 aromatic rings. The van der Waals surface area contributed by atoms with Crippen molar-refractivity contribution < 1.29 is 23.8 Å². The molecule has 0 aliphatic carbocycles. The van der Waals surface area contributed by atoms with Crippen LogP contribution in [-0.4, -0.2) is 42.7 Å². The Morgan fingerprint density at radius 2 is 1.74 bits per heavy atom. The van der Waals surface area contributed by atoms with Crippen LogP contribution in [0.1, 0.15) is 31.9 Å². The molecule has 0 unspecified atom stereocenters. The monoisotopic (exact) mass is 426 g/mol. The molecule has 1 aliphatic heterocycles. The van der Waals surface area contributed by atoms with Crippen LogP contribution in [0.4, 0.5) is 4.79 Å². The number of rotatable bonds is 7. The highest BCUT2D eigenvalue weighted by molar-refractivity contribution is 5.82. The highest BCUT2D eigenvalue weighted by Gasteiger charge is 2.37. The summed E-state index contributed by atoms with van der Waals surface area (Å²) < 4.78 is 16.6.